The summed E-state index contributed by atoms with van der Waals surface area (Å²) in [5, 5.41) is 4.78. The predicted octanol–water partition coefficient (Wildman–Crippen LogP) is 2.18. The van der Waals surface area contributed by atoms with E-state index in [2.05, 4.69) is 27.8 Å². The van der Waals surface area contributed by atoms with E-state index in [1.807, 2.05) is 19.1 Å². The summed E-state index contributed by atoms with van der Waals surface area (Å²) in [4.78, 5) is 32.1. The summed E-state index contributed by atoms with van der Waals surface area (Å²) in [6.45, 7) is 8.70. The van der Waals surface area contributed by atoms with E-state index < -0.39 is 0 Å². The Labute approximate surface area is 170 Å². The Morgan fingerprint density at radius 3 is 3.04 bits per heavy atom. The fourth-order valence-corrected chi connectivity index (χ4v) is 4.12. The zero-order chi connectivity index (χ0) is 19.4. The first-order valence-electron chi connectivity index (χ1n) is 8.62. The van der Waals surface area contributed by atoms with Crippen LogP contribution in [0.25, 0.3) is 0 Å². The maximum absolute atomic E-state index is 12.2. The zero-order valence-corrected chi connectivity index (χ0v) is 17.5. The Hall–Kier alpha value is -1.52. The summed E-state index contributed by atoms with van der Waals surface area (Å²) < 4.78 is 6.07. The highest BCUT2D eigenvalue weighted by molar-refractivity contribution is 9.11. The number of carbonyl (C=O) groups is 2. The molecule has 7 nitrogen and oxygen atoms in total. The minimum absolute atomic E-state index is 0.0592. The van der Waals surface area contributed by atoms with Crippen LogP contribution >= 0.6 is 27.3 Å². The van der Waals surface area contributed by atoms with Gasteiger partial charge in [-0.15, -0.1) is 11.3 Å². The van der Waals surface area contributed by atoms with Gasteiger partial charge in [-0.2, -0.15) is 5.06 Å². The third-order valence-corrected chi connectivity index (χ3v) is 6.00. The number of halogens is 1. The fraction of sp³-hybridized carbons (Fsp3) is 0.444. The number of nitrogens with zero attached hydrogens (tertiary/aromatic N) is 2. The molecule has 0 spiro atoms. The Morgan fingerprint density at radius 2 is 2.33 bits per heavy atom. The lowest BCUT2D eigenvalue weighted by Gasteiger charge is -2.29. The molecule has 2 amide bonds. The Bertz CT molecular complexity index is 764. The van der Waals surface area contributed by atoms with Crippen LogP contribution in [0.4, 0.5) is 0 Å². The average Bonchev–Trinajstić information content (AvgIpc) is 3.28. The number of hydroxylamine groups is 2. The number of morpholine rings is 1. The maximum Gasteiger partial charge on any atom is 0.261 e. The molecule has 146 valence electrons. The highest BCUT2D eigenvalue weighted by atomic mass is 79.9. The molecule has 27 heavy (non-hydrogen) atoms. The van der Waals surface area contributed by atoms with Gasteiger partial charge in [0.25, 0.3) is 11.8 Å². The van der Waals surface area contributed by atoms with E-state index in [9.17, 15) is 9.59 Å². The first kappa shape index (κ1) is 20.2. The van der Waals surface area contributed by atoms with Crippen LogP contribution in [0.2, 0.25) is 0 Å². The lowest BCUT2D eigenvalue weighted by atomic mass is 10.2. The van der Waals surface area contributed by atoms with Crippen molar-refractivity contribution in [1.29, 1.82) is 0 Å². The highest BCUT2D eigenvalue weighted by Crippen LogP contribution is 2.22. The van der Waals surface area contributed by atoms with Gasteiger partial charge >= 0.3 is 0 Å². The number of nitrogens with one attached hydrogen (secondary N) is 1. The molecule has 0 saturated carbocycles. The van der Waals surface area contributed by atoms with Crippen molar-refractivity contribution in [2.45, 2.75) is 13.0 Å². The number of hydrogen-bond acceptors (Lipinski definition) is 6. The van der Waals surface area contributed by atoms with Crippen LogP contribution in [-0.4, -0.2) is 67.3 Å². The summed E-state index contributed by atoms with van der Waals surface area (Å²) in [6.07, 6.45) is 1.98. The molecule has 1 atom stereocenters. The monoisotopic (exact) mass is 455 g/mol. The second-order valence-electron chi connectivity index (χ2n) is 6.35. The van der Waals surface area contributed by atoms with Gasteiger partial charge in [0.15, 0.2) is 0 Å². The third-order valence-electron chi connectivity index (χ3n) is 4.38. The van der Waals surface area contributed by atoms with E-state index in [1.54, 1.807) is 16.0 Å². The van der Waals surface area contributed by atoms with Crippen LogP contribution in [0.15, 0.2) is 39.8 Å². The Kier molecular flexibility index (Phi) is 6.83. The third kappa shape index (κ3) is 5.26. The van der Waals surface area contributed by atoms with Gasteiger partial charge in [-0.05, 0) is 40.6 Å². The largest absolute Gasteiger partial charge is 0.370 e. The molecule has 9 heteroatoms. The smallest absolute Gasteiger partial charge is 0.261 e. The van der Waals surface area contributed by atoms with Gasteiger partial charge in [-0.1, -0.05) is 12.7 Å². The van der Waals surface area contributed by atoms with Crippen LogP contribution in [0.5, 0.6) is 0 Å². The average molecular weight is 456 g/mol. The molecular weight excluding hydrogens is 434 g/mol. The van der Waals surface area contributed by atoms with Gasteiger partial charge in [0.1, 0.15) is 6.61 Å². The molecule has 1 aromatic rings. The minimum atomic E-state index is -0.0907. The van der Waals surface area contributed by atoms with E-state index in [1.165, 1.54) is 11.3 Å². The van der Waals surface area contributed by atoms with Gasteiger partial charge in [0.05, 0.1) is 27.9 Å². The van der Waals surface area contributed by atoms with Crippen molar-refractivity contribution in [3.05, 3.63) is 44.7 Å². The van der Waals surface area contributed by atoms with Crippen molar-refractivity contribution in [3.63, 3.8) is 0 Å². The summed E-state index contributed by atoms with van der Waals surface area (Å²) >= 11 is 4.76. The fourth-order valence-electron chi connectivity index (χ4n) is 2.83. The first-order valence-corrected chi connectivity index (χ1v) is 10.2. The molecule has 1 N–H and O–H groups in total. The number of carbonyl (C=O) groups excluding carboxylic acids is 2. The lowest BCUT2D eigenvalue weighted by Crippen LogP contribution is -2.40. The van der Waals surface area contributed by atoms with E-state index in [4.69, 9.17) is 9.57 Å². The second-order valence-corrected chi connectivity index (χ2v) is 8.81. The molecular formula is C18H22BrN3O4S. The minimum Gasteiger partial charge on any atom is -0.370 e. The Morgan fingerprint density at radius 1 is 1.52 bits per heavy atom. The van der Waals surface area contributed by atoms with Gasteiger partial charge in [-0.25, -0.2) is 0 Å². The van der Waals surface area contributed by atoms with Crippen LogP contribution in [-0.2, 0) is 14.4 Å². The molecule has 0 bridgehead atoms. The van der Waals surface area contributed by atoms with E-state index in [0.29, 0.717) is 43.4 Å². The molecule has 0 unspecified atom stereocenters. The van der Waals surface area contributed by atoms with E-state index in [-0.39, 0.29) is 24.5 Å². The SMILES string of the molecule is C=C(/C(C)=C\CN1C[C@H](NC(=O)c2ccc(Br)s2)CO1)N1CCOCC1=O. The number of thiophene rings is 1. The molecule has 2 aliphatic rings. The lowest BCUT2D eigenvalue weighted by molar-refractivity contribution is -0.139. The normalized spacial score (nSPS) is 21.6. The van der Waals surface area contributed by atoms with Crippen LogP contribution < -0.4 is 5.32 Å². The quantitative estimate of drug-likeness (QED) is 0.665. The molecule has 0 radical (unpaired) electrons. The molecule has 3 rings (SSSR count). The van der Waals surface area contributed by atoms with Crippen molar-refractivity contribution in [1.82, 2.24) is 15.3 Å². The topological polar surface area (TPSA) is 71.1 Å². The Balaban J connectivity index is 1.47. The van der Waals surface area contributed by atoms with Crippen molar-refractivity contribution in [3.8, 4) is 0 Å². The molecule has 2 fully saturated rings. The van der Waals surface area contributed by atoms with Crippen molar-refractivity contribution < 1.29 is 19.2 Å². The predicted molar refractivity (Wildman–Crippen MR) is 106 cm³/mol. The van der Waals surface area contributed by atoms with Crippen molar-refractivity contribution in [2.24, 2.45) is 0 Å². The van der Waals surface area contributed by atoms with Gasteiger partial charge in [0, 0.05) is 25.3 Å². The standard InChI is InChI=1S/C18H22BrN3O4S/c1-12(13(2)22-7-8-25-11-17(22)23)5-6-21-9-14(10-26-21)20-18(24)15-3-4-16(19)27-15/h3-5,14H,2,6-11H2,1H3,(H,20,24)/b12-5-/t14-/m0/s1. The van der Waals surface area contributed by atoms with Crippen LogP contribution in [0.1, 0.15) is 16.6 Å². The maximum atomic E-state index is 12.2. The first-order chi connectivity index (χ1) is 12.9. The summed E-state index contributed by atoms with van der Waals surface area (Å²) in [5.41, 5.74) is 1.61. The van der Waals surface area contributed by atoms with Gasteiger partial charge < -0.3 is 15.0 Å². The summed E-state index contributed by atoms with van der Waals surface area (Å²) in [5.74, 6) is -0.161. The molecule has 1 aromatic heterocycles. The number of rotatable bonds is 6. The van der Waals surface area contributed by atoms with Gasteiger partial charge in [0.2, 0.25) is 0 Å². The summed E-state index contributed by atoms with van der Waals surface area (Å²) in [7, 11) is 0. The van der Waals surface area contributed by atoms with Crippen molar-refractivity contribution >= 4 is 39.1 Å². The van der Waals surface area contributed by atoms with Crippen LogP contribution in [0, 0.1) is 0 Å². The molecule has 3 heterocycles. The van der Waals surface area contributed by atoms with E-state index in [0.717, 1.165) is 9.36 Å². The molecule has 2 saturated heterocycles. The molecule has 2 aliphatic heterocycles. The van der Waals surface area contributed by atoms with Crippen molar-refractivity contribution in [2.75, 3.05) is 39.5 Å². The number of amides is 2. The zero-order valence-electron chi connectivity index (χ0n) is 15.1. The summed E-state index contributed by atoms with van der Waals surface area (Å²) in [6, 6.07) is 3.59. The highest BCUT2D eigenvalue weighted by Gasteiger charge is 2.26. The molecule has 0 aromatic carbocycles. The van der Waals surface area contributed by atoms with Crippen LogP contribution in [0.3, 0.4) is 0 Å². The second kappa shape index (κ2) is 9.11. The van der Waals surface area contributed by atoms with Gasteiger partial charge in [-0.3, -0.25) is 14.4 Å². The van der Waals surface area contributed by atoms with E-state index >= 15 is 0 Å². The number of allylic oxidation sites excluding steroid dienone is 1. The number of ether oxygens (including phenoxy) is 1. The number of hydrogen-bond donors (Lipinski definition) is 1. The molecule has 0 aliphatic carbocycles.